The lowest BCUT2D eigenvalue weighted by Crippen LogP contribution is -2.50. The van der Waals surface area contributed by atoms with Crippen LogP contribution in [0.1, 0.15) is 168 Å². The smallest absolute Gasteiger partial charge is 0.362 e. The van der Waals surface area contributed by atoms with Gasteiger partial charge in [-0.05, 0) is 109 Å². The van der Waals surface area contributed by atoms with Gasteiger partial charge in [-0.1, -0.05) is 161 Å². The van der Waals surface area contributed by atoms with Crippen molar-refractivity contribution in [3.8, 4) is 0 Å². The van der Waals surface area contributed by atoms with Crippen molar-refractivity contribution in [2.24, 2.45) is 0 Å². The van der Waals surface area contributed by atoms with Crippen LogP contribution in [0.2, 0.25) is 0 Å². The average Bonchev–Trinajstić information content (AvgIpc) is 3.27. The minimum absolute atomic E-state index is 0.0263. The number of aliphatic carboxylic acids is 1. The Morgan fingerprint density at radius 2 is 0.862 bits per heavy atom. The highest BCUT2D eigenvalue weighted by atomic mass is 16.6. The highest BCUT2D eigenvalue weighted by molar-refractivity contribution is 5.72. The molecule has 0 aromatic heterocycles. The maximum atomic E-state index is 12.8. The number of nitrogens with zero attached hydrogens (tertiary/aromatic N) is 1. The number of carboxylic acids is 1. The van der Waals surface area contributed by atoms with E-state index in [4.69, 9.17) is 14.2 Å². The van der Waals surface area contributed by atoms with Gasteiger partial charge in [0, 0.05) is 19.3 Å². The van der Waals surface area contributed by atoms with E-state index < -0.39 is 18.1 Å². The van der Waals surface area contributed by atoms with Gasteiger partial charge in [0.05, 0.1) is 34.4 Å². The van der Waals surface area contributed by atoms with Crippen molar-refractivity contribution in [3.05, 3.63) is 122 Å². The van der Waals surface area contributed by atoms with Gasteiger partial charge in [0.2, 0.25) is 0 Å². The molecule has 0 saturated heterocycles. The van der Waals surface area contributed by atoms with Crippen LogP contribution in [0.15, 0.2) is 122 Å². The quantitative estimate of drug-likeness (QED) is 0.0282. The van der Waals surface area contributed by atoms with Crippen LogP contribution in [0.3, 0.4) is 0 Å². The summed E-state index contributed by atoms with van der Waals surface area (Å²) in [5.41, 5.74) is 0. The lowest BCUT2D eigenvalue weighted by atomic mass is 10.1. The number of quaternary nitrogens is 1. The maximum Gasteiger partial charge on any atom is 0.362 e. The SMILES string of the molecule is CC/C=C/C/C=C/C/C=C/C/C=C/C/C=C/CCCCCCC(=O)OCC(COCCC(C(=O)O)[N+](C)(C)C)OC(=O)CCCC/C=C/C/C=C/C/C=C/C/C=C/C/C=C/CCCCC. The predicted molar refractivity (Wildman–Crippen MR) is 275 cm³/mol. The fourth-order valence-corrected chi connectivity index (χ4v) is 6.49. The summed E-state index contributed by atoms with van der Waals surface area (Å²) in [5, 5.41) is 9.65. The summed E-state index contributed by atoms with van der Waals surface area (Å²) < 4.78 is 17.3. The van der Waals surface area contributed by atoms with Gasteiger partial charge >= 0.3 is 17.9 Å². The molecule has 0 amide bonds. The third-order valence-corrected chi connectivity index (χ3v) is 10.3. The zero-order chi connectivity index (χ0) is 47.7. The largest absolute Gasteiger partial charge is 0.477 e. The van der Waals surface area contributed by atoms with Crippen molar-refractivity contribution in [2.45, 2.75) is 180 Å². The molecule has 0 bridgehead atoms. The molecule has 0 saturated carbocycles. The van der Waals surface area contributed by atoms with Crippen molar-refractivity contribution in [2.75, 3.05) is 41.0 Å². The number of carboxylic acid groups (broad SMARTS) is 1. The van der Waals surface area contributed by atoms with Crippen LogP contribution < -0.4 is 0 Å². The molecule has 0 spiro atoms. The lowest BCUT2D eigenvalue weighted by molar-refractivity contribution is -0.887. The minimum atomic E-state index is -0.891. The zero-order valence-corrected chi connectivity index (χ0v) is 41.6. The Bertz CT molecular complexity index is 1470. The van der Waals surface area contributed by atoms with Crippen LogP contribution >= 0.6 is 0 Å². The number of hydrogen-bond acceptors (Lipinski definition) is 6. The molecular weight excluding hydrogens is 811 g/mol. The molecule has 0 rings (SSSR count). The zero-order valence-electron chi connectivity index (χ0n) is 41.6. The Kier molecular flexibility index (Phi) is 43.2. The van der Waals surface area contributed by atoms with E-state index in [0.717, 1.165) is 103 Å². The molecule has 0 fully saturated rings. The summed E-state index contributed by atoms with van der Waals surface area (Å²) in [7, 11) is 5.49. The van der Waals surface area contributed by atoms with Crippen LogP contribution in [0.4, 0.5) is 0 Å². The lowest BCUT2D eigenvalue weighted by Gasteiger charge is -2.31. The van der Waals surface area contributed by atoms with Crippen LogP contribution in [0.5, 0.6) is 0 Å². The first-order chi connectivity index (χ1) is 31.6. The van der Waals surface area contributed by atoms with Gasteiger partial charge in [-0.15, -0.1) is 0 Å². The number of esters is 2. The molecule has 366 valence electrons. The van der Waals surface area contributed by atoms with Gasteiger partial charge in [-0.2, -0.15) is 0 Å². The summed E-state index contributed by atoms with van der Waals surface area (Å²) in [6, 6.07) is -0.636. The number of ether oxygens (including phenoxy) is 3. The fourth-order valence-electron chi connectivity index (χ4n) is 6.49. The van der Waals surface area contributed by atoms with E-state index >= 15 is 0 Å². The van der Waals surface area contributed by atoms with E-state index in [1.165, 1.54) is 25.7 Å². The predicted octanol–water partition coefficient (Wildman–Crippen LogP) is 14.6. The normalized spacial score (nSPS) is 13.9. The van der Waals surface area contributed by atoms with Gasteiger partial charge in [0.1, 0.15) is 6.61 Å². The van der Waals surface area contributed by atoms with E-state index in [1.807, 2.05) is 21.1 Å². The van der Waals surface area contributed by atoms with Gasteiger partial charge < -0.3 is 23.8 Å². The molecular formula is C57H92NO7+. The first kappa shape index (κ1) is 60.7. The Morgan fingerprint density at radius 3 is 1.29 bits per heavy atom. The van der Waals surface area contributed by atoms with Gasteiger partial charge in [-0.25, -0.2) is 4.79 Å². The first-order valence-corrected chi connectivity index (χ1v) is 25.1. The molecule has 0 aliphatic carbocycles. The molecule has 2 unspecified atom stereocenters. The van der Waals surface area contributed by atoms with Crippen LogP contribution in [0.25, 0.3) is 0 Å². The van der Waals surface area contributed by atoms with E-state index in [9.17, 15) is 19.5 Å². The second kappa shape index (κ2) is 46.3. The summed E-state index contributed by atoms with van der Waals surface area (Å²) in [6.07, 6.45) is 65.3. The Hall–Kier alpha value is -4.27. The van der Waals surface area contributed by atoms with Crippen molar-refractivity contribution in [1.82, 2.24) is 0 Å². The number of allylic oxidation sites excluding steroid dienone is 20. The molecule has 1 N–H and O–H groups in total. The topological polar surface area (TPSA) is 99.1 Å². The standard InChI is InChI=1S/C57H91NO7/c1-6-8-10-12-14-16-18-20-22-24-26-28-30-32-34-36-38-40-42-44-46-48-56(60)65-53(51-63-50-49-54(57(61)62)58(3,4)5)52-64-55(59)47-45-43-41-39-37-35-33-31-29-27-25-23-21-19-17-15-13-11-9-7-2/h9,11,14-17,20-23,26-29,32-35,38,40,53-54H,6-8,10,12-13,18-19,24-25,30-31,36-37,39,41-52H2,1-5H3/p+1/b11-9+,16-14+,17-15+,22-20+,23-21+,28-26+,29-27+,34-32+,35-33+,40-38+. The number of carbonyl (C=O) groups excluding carboxylic acids is 2. The molecule has 2 atom stereocenters. The monoisotopic (exact) mass is 903 g/mol. The van der Waals surface area contributed by atoms with Crippen LogP contribution in [0, 0.1) is 0 Å². The van der Waals surface area contributed by atoms with Crippen molar-refractivity contribution in [1.29, 1.82) is 0 Å². The van der Waals surface area contributed by atoms with Gasteiger partial charge in [0.25, 0.3) is 0 Å². The maximum absolute atomic E-state index is 12.8. The molecule has 0 aromatic rings. The van der Waals surface area contributed by atoms with Crippen molar-refractivity contribution in [3.63, 3.8) is 0 Å². The molecule has 8 nitrogen and oxygen atoms in total. The molecule has 0 aromatic carbocycles. The third kappa shape index (κ3) is 44.7. The van der Waals surface area contributed by atoms with Crippen LogP contribution in [-0.4, -0.2) is 80.6 Å². The highest BCUT2D eigenvalue weighted by Crippen LogP contribution is 2.12. The first-order valence-electron chi connectivity index (χ1n) is 25.1. The number of rotatable bonds is 43. The van der Waals surface area contributed by atoms with Crippen LogP contribution in [-0.2, 0) is 28.6 Å². The molecule has 65 heavy (non-hydrogen) atoms. The van der Waals surface area contributed by atoms with E-state index in [0.29, 0.717) is 19.3 Å². The fraction of sp³-hybridized carbons (Fsp3) is 0.596. The highest BCUT2D eigenvalue weighted by Gasteiger charge is 2.31. The van der Waals surface area contributed by atoms with Crippen molar-refractivity contribution >= 4 is 17.9 Å². The average molecular weight is 903 g/mol. The molecule has 0 heterocycles. The summed E-state index contributed by atoms with van der Waals surface area (Å²) in [4.78, 5) is 37.1. The Labute approximate surface area is 397 Å². The third-order valence-electron chi connectivity index (χ3n) is 10.3. The van der Waals surface area contributed by atoms with E-state index in [1.54, 1.807) is 0 Å². The summed E-state index contributed by atoms with van der Waals surface area (Å²) >= 11 is 0. The second-order valence-electron chi connectivity index (χ2n) is 17.3. The molecule has 8 heteroatoms. The Balaban J connectivity index is 4.44. The minimum Gasteiger partial charge on any atom is -0.477 e. The molecule has 0 aliphatic rings. The summed E-state index contributed by atoms with van der Waals surface area (Å²) in [5.74, 6) is -1.57. The number of carbonyl (C=O) groups is 3. The van der Waals surface area contributed by atoms with E-state index in [-0.39, 0.29) is 42.7 Å². The summed E-state index contributed by atoms with van der Waals surface area (Å²) in [6.45, 7) is 4.50. The number of hydrogen-bond donors (Lipinski definition) is 1. The van der Waals surface area contributed by atoms with Gasteiger partial charge in [-0.3, -0.25) is 9.59 Å². The second-order valence-corrected chi connectivity index (χ2v) is 17.3. The number of unbranched alkanes of at least 4 members (excludes halogenated alkanes) is 9. The Morgan fingerprint density at radius 1 is 0.477 bits per heavy atom. The van der Waals surface area contributed by atoms with E-state index in [2.05, 4.69) is 135 Å². The van der Waals surface area contributed by atoms with Crippen molar-refractivity contribution < 1.29 is 38.2 Å². The molecule has 0 radical (unpaired) electrons. The van der Waals surface area contributed by atoms with Gasteiger partial charge in [0.15, 0.2) is 12.1 Å². The number of likely N-dealkylation sites (N-methyl/N-ethyl adjacent to an activating group) is 1. The molecule has 0 aliphatic heterocycles.